The van der Waals surface area contributed by atoms with Gasteiger partial charge in [0, 0.05) is 12.8 Å². The standard InChI is InChI=1S/C10H13NO3S.Na.H/c1-15(13,14)8-10(12)11-7-9-5-3-2-4-6-9;;/h2-6H,7-8H2,1H3,(H,11,12);;. The number of hydrogen-bond donors (Lipinski definition) is 1. The number of sulfone groups is 1. The minimum atomic E-state index is -3.24. The van der Waals surface area contributed by atoms with Crippen molar-refractivity contribution in [3.05, 3.63) is 35.9 Å². The molecule has 0 saturated carbocycles. The summed E-state index contributed by atoms with van der Waals surface area (Å²) >= 11 is 0. The van der Waals surface area contributed by atoms with Crippen molar-refractivity contribution in [3.8, 4) is 0 Å². The maximum atomic E-state index is 11.1. The monoisotopic (exact) mass is 251 g/mol. The Bertz CT molecular complexity index is 431. The summed E-state index contributed by atoms with van der Waals surface area (Å²) in [4.78, 5) is 11.1. The summed E-state index contributed by atoms with van der Waals surface area (Å²) in [6, 6.07) is 9.32. The van der Waals surface area contributed by atoms with Crippen LogP contribution < -0.4 is 5.32 Å². The van der Waals surface area contributed by atoms with E-state index in [0.29, 0.717) is 6.54 Å². The van der Waals surface area contributed by atoms with Crippen LogP contribution in [-0.4, -0.2) is 55.9 Å². The molecule has 1 aromatic carbocycles. The normalized spacial score (nSPS) is 10.3. The number of amides is 1. The molecule has 0 heterocycles. The van der Waals surface area contributed by atoms with Gasteiger partial charge >= 0.3 is 29.6 Å². The molecule has 0 saturated heterocycles. The van der Waals surface area contributed by atoms with Crippen molar-refractivity contribution in [1.82, 2.24) is 5.32 Å². The molecule has 16 heavy (non-hydrogen) atoms. The van der Waals surface area contributed by atoms with Gasteiger partial charge in [-0.3, -0.25) is 4.79 Å². The van der Waals surface area contributed by atoms with Gasteiger partial charge in [0.05, 0.1) is 0 Å². The molecular weight excluding hydrogens is 237 g/mol. The molecule has 1 N–H and O–H groups in total. The van der Waals surface area contributed by atoms with Crippen LogP contribution in [-0.2, 0) is 21.2 Å². The quantitative estimate of drug-likeness (QED) is 0.747. The zero-order valence-electron chi connectivity index (χ0n) is 8.43. The van der Waals surface area contributed by atoms with E-state index < -0.39 is 21.5 Å². The molecule has 0 aliphatic heterocycles. The molecule has 4 nitrogen and oxygen atoms in total. The van der Waals surface area contributed by atoms with Crippen molar-refractivity contribution in [2.75, 3.05) is 12.0 Å². The van der Waals surface area contributed by atoms with E-state index in [4.69, 9.17) is 0 Å². The van der Waals surface area contributed by atoms with E-state index in [9.17, 15) is 13.2 Å². The van der Waals surface area contributed by atoms with E-state index in [2.05, 4.69) is 5.32 Å². The van der Waals surface area contributed by atoms with Crippen LogP contribution in [0.25, 0.3) is 0 Å². The molecule has 1 rings (SSSR count). The molecule has 0 bridgehead atoms. The van der Waals surface area contributed by atoms with Crippen LogP contribution >= 0.6 is 0 Å². The molecule has 0 radical (unpaired) electrons. The van der Waals surface area contributed by atoms with E-state index in [-0.39, 0.29) is 29.6 Å². The van der Waals surface area contributed by atoms with Gasteiger partial charge in [-0.1, -0.05) is 30.3 Å². The van der Waals surface area contributed by atoms with Gasteiger partial charge in [0.1, 0.15) is 5.75 Å². The van der Waals surface area contributed by atoms with Gasteiger partial charge < -0.3 is 5.32 Å². The van der Waals surface area contributed by atoms with Gasteiger partial charge in [0.25, 0.3) is 0 Å². The number of rotatable bonds is 4. The topological polar surface area (TPSA) is 63.2 Å². The fourth-order valence-electron chi connectivity index (χ4n) is 1.09. The zero-order chi connectivity index (χ0) is 11.3. The van der Waals surface area contributed by atoms with Crippen molar-refractivity contribution >= 4 is 45.3 Å². The van der Waals surface area contributed by atoms with E-state index in [1.54, 1.807) is 0 Å². The number of carbonyl (C=O) groups excluding carboxylic acids is 1. The van der Waals surface area contributed by atoms with Crippen molar-refractivity contribution < 1.29 is 13.2 Å². The molecule has 0 aliphatic carbocycles. The molecule has 0 aliphatic rings. The molecule has 84 valence electrons. The second-order valence-corrected chi connectivity index (χ2v) is 5.47. The van der Waals surface area contributed by atoms with Gasteiger partial charge in [-0.2, -0.15) is 0 Å². The third-order valence-corrected chi connectivity index (χ3v) is 2.51. The average molecular weight is 251 g/mol. The summed E-state index contributed by atoms with van der Waals surface area (Å²) in [5, 5.41) is 2.54. The van der Waals surface area contributed by atoms with Crippen LogP contribution in [0.4, 0.5) is 0 Å². The van der Waals surface area contributed by atoms with Gasteiger partial charge in [-0.05, 0) is 5.56 Å². The molecule has 0 fully saturated rings. The molecule has 0 spiro atoms. The van der Waals surface area contributed by atoms with E-state index >= 15 is 0 Å². The van der Waals surface area contributed by atoms with Gasteiger partial charge in [0.2, 0.25) is 5.91 Å². The Hall–Kier alpha value is -0.360. The Morgan fingerprint density at radius 3 is 2.31 bits per heavy atom. The Balaban J connectivity index is 0.00000225. The van der Waals surface area contributed by atoms with E-state index in [0.717, 1.165) is 11.8 Å². The van der Waals surface area contributed by atoms with Crippen LogP contribution in [0.15, 0.2) is 30.3 Å². The molecule has 0 atom stereocenters. The van der Waals surface area contributed by atoms with Gasteiger partial charge in [0.15, 0.2) is 9.84 Å². The van der Waals surface area contributed by atoms with E-state index in [1.165, 1.54) is 0 Å². The predicted octanol–water partition coefficient (Wildman–Crippen LogP) is -0.301. The van der Waals surface area contributed by atoms with Gasteiger partial charge in [-0.15, -0.1) is 0 Å². The molecule has 0 aromatic heterocycles. The molecule has 6 heteroatoms. The predicted molar refractivity (Wildman–Crippen MR) is 65.1 cm³/mol. The van der Waals surface area contributed by atoms with Crippen LogP contribution in [0.1, 0.15) is 5.56 Å². The van der Waals surface area contributed by atoms with Crippen LogP contribution in [0.3, 0.4) is 0 Å². The Kier molecular flexibility index (Phi) is 6.90. The van der Waals surface area contributed by atoms with Crippen molar-refractivity contribution in [2.24, 2.45) is 0 Å². The summed E-state index contributed by atoms with van der Waals surface area (Å²) in [6.45, 7) is 0.356. The SMILES string of the molecule is CS(=O)(=O)CC(=O)NCc1ccccc1.[NaH]. The minimum absolute atomic E-state index is 0. The third kappa shape index (κ3) is 7.00. The van der Waals surface area contributed by atoms with Crippen LogP contribution in [0.5, 0.6) is 0 Å². The Morgan fingerprint density at radius 1 is 1.25 bits per heavy atom. The number of benzene rings is 1. The molecule has 1 amide bonds. The summed E-state index contributed by atoms with van der Waals surface area (Å²) in [5.74, 6) is -0.929. The number of hydrogen-bond acceptors (Lipinski definition) is 3. The van der Waals surface area contributed by atoms with Crippen LogP contribution in [0.2, 0.25) is 0 Å². The first-order chi connectivity index (χ1) is 6.97. The number of carbonyl (C=O) groups is 1. The summed E-state index contributed by atoms with van der Waals surface area (Å²) in [7, 11) is -3.24. The Labute approximate surface area is 118 Å². The molecule has 1 aromatic rings. The van der Waals surface area contributed by atoms with E-state index in [1.807, 2.05) is 30.3 Å². The van der Waals surface area contributed by atoms with Crippen molar-refractivity contribution in [2.45, 2.75) is 6.54 Å². The summed E-state index contributed by atoms with van der Waals surface area (Å²) < 4.78 is 21.6. The maximum absolute atomic E-state index is 11.1. The first kappa shape index (κ1) is 15.6. The summed E-state index contributed by atoms with van der Waals surface area (Å²) in [5.41, 5.74) is 0.944. The Morgan fingerprint density at radius 2 is 1.81 bits per heavy atom. The fraction of sp³-hybridized carbons (Fsp3) is 0.300. The van der Waals surface area contributed by atoms with Gasteiger partial charge in [-0.25, -0.2) is 8.42 Å². The fourth-order valence-corrected chi connectivity index (χ4v) is 1.66. The zero-order valence-corrected chi connectivity index (χ0v) is 9.25. The second kappa shape index (κ2) is 7.06. The van der Waals surface area contributed by atoms with Crippen molar-refractivity contribution in [1.29, 1.82) is 0 Å². The second-order valence-electron chi connectivity index (χ2n) is 3.33. The third-order valence-electron chi connectivity index (χ3n) is 1.73. The first-order valence-electron chi connectivity index (χ1n) is 4.46. The van der Waals surface area contributed by atoms with Crippen molar-refractivity contribution in [3.63, 3.8) is 0 Å². The first-order valence-corrected chi connectivity index (χ1v) is 6.52. The molecule has 0 unspecified atom stereocenters. The van der Waals surface area contributed by atoms with Crippen LogP contribution in [0, 0.1) is 0 Å². The number of nitrogens with one attached hydrogen (secondary N) is 1. The molecular formula is C10H14NNaO3S. The summed E-state index contributed by atoms with van der Waals surface area (Å²) in [6.07, 6.45) is 1.04. The average Bonchev–Trinajstić information content (AvgIpc) is 2.14.